The summed E-state index contributed by atoms with van der Waals surface area (Å²) in [6.45, 7) is 0. The molecule has 82 valence electrons. The van der Waals surface area contributed by atoms with Crippen molar-refractivity contribution in [3.05, 3.63) is 34.7 Å². The topological polar surface area (TPSA) is 100 Å². The zero-order valence-corrected chi connectivity index (χ0v) is 8.61. The number of aromatic nitrogens is 1. The number of H-pyrrole nitrogens is 1. The van der Waals surface area contributed by atoms with Gasteiger partial charge in [-0.3, -0.25) is 9.35 Å². The molecular formula is C8H9NO5S. The van der Waals surface area contributed by atoms with Crippen molar-refractivity contribution in [3.63, 3.8) is 0 Å². The van der Waals surface area contributed by atoms with Gasteiger partial charge in [0, 0.05) is 11.6 Å². The highest BCUT2D eigenvalue weighted by Gasteiger charge is 2.01. The van der Waals surface area contributed by atoms with E-state index in [4.69, 9.17) is 9.08 Å². The Hall–Kier alpha value is -1.60. The van der Waals surface area contributed by atoms with Gasteiger partial charge in [-0.25, -0.2) is 5.16 Å². The SMILES string of the molecule is CS(=O)(=O)O.O=c1ccc2co[nH]c-2c1. The van der Waals surface area contributed by atoms with Gasteiger partial charge < -0.3 is 4.52 Å². The molecular weight excluding hydrogens is 222 g/mol. The minimum atomic E-state index is -3.67. The van der Waals surface area contributed by atoms with Crippen molar-refractivity contribution in [2.75, 3.05) is 6.26 Å². The van der Waals surface area contributed by atoms with Crippen molar-refractivity contribution >= 4 is 10.1 Å². The molecule has 0 aromatic rings. The van der Waals surface area contributed by atoms with E-state index >= 15 is 0 Å². The fourth-order valence-corrected chi connectivity index (χ4v) is 0.883. The molecule has 0 spiro atoms. The third-order valence-corrected chi connectivity index (χ3v) is 1.38. The van der Waals surface area contributed by atoms with E-state index in [0.717, 1.165) is 11.3 Å². The van der Waals surface area contributed by atoms with Crippen LogP contribution in [0.15, 0.2) is 33.8 Å². The quantitative estimate of drug-likeness (QED) is 0.646. The third kappa shape index (κ3) is 4.43. The summed E-state index contributed by atoms with van der Waals surface area (Å²) in [5, 5.41) is 2.59. The second-order valence-electron chi connectivity index (χ2n) is 2.82. The molecule has 0 saturated carbocycles. The zero-order chi connectivity index (χ0) is 11.5. The monoisotopic (exact) mass is 231 g/mol. The van der Waals surface area contributed by atoms with Crippen molar-refractivity contribution in [3.8, 4) is 11.3 Å². The Labute approximate surface area is 85.6 Å². The summed E-state index contributed by atoms with van der Waals surface area (Å²) >= 11 is 0. The summed E-state index contributed by atoms with van der Waals surface area (Å²) in [4.78, 5) is 10.7. The van der Waals surface area contributed by atoms with Crippen LogP contribution in [-0.2, 0) is 10.1 Å². The molecule has 0 saturated heterocycles. The van der Waals surface area contributed by atoms with Crippen LogP contribution in [0, 0.1) is 0 Å². The van der Waals surface area contributed by atoms with Crippen molar-refractivity contribution < 1.29 is 17.5 Å². The summed E-state index contributed by atoms with van der Waals surface area (Å²) in [6.07, 6.45) is 2.28. The minimum Gasteiger partial charge on any atom is -0.389 e. The van der Waals surface area contributed by atoms with Crippen LogP contribution in [0.1, 0.15) is 0 Å². The van der Waals surface area contributed by atoms with E-state index in [1.807, 2.05) is 0 Å². The van der Waals surface area contributed by atoms with Crippen molar-refractivity contribution in [1.82, 2.24) is 5.16 Å². The first-order chi connectivity index (χ1) is 6.86. The maximum atomic E-state index is 10.7. The normalized spacial score (nSPS) is 10.8. The van der Waals surface area contributed by atoms with Crippen LogP contribution >= 0.6 is 0 Å². The minimum absolute atomic E-state index is 0.00912. The van der Waals surface area contributed by atoms with Gasteiger partial charge in [-0.05, 0) is 12.1 Å². The van der Waals surface area contributed by atoms with Gasteiger partial charge in [0.1, 0.15) is 6.26 Å². The lowest BCUT2D eigenvalue weighted by molar-refractivity contribution is 0.425. The van der Waals surface area contributed by atoms with E-state index in [2.05, 4.69) is 5.16 Å². The van der Waals surface area contributed by atoms with Gasteiger partial charge in [-0.2, -0.15) is 8.42 Å². The fraction of sp³-hybridized carbons (Fsp3) is 0.125. The van der Waals surface area contributed by atoms with Crippen LogP contribution in [-0.4, -0.2) is 24.4 Å². The van der Waals surface area contributed by atoms with E-state index in [9.17, 15) is 13.2 Å². The van der Waals surface area contributed by atoms with Gasteiger partial charge in [0.15, 0.2) is 5.43 Å². The number of benzene rings is 1. The Morgan fingerprint density at radius 2 is 2.00 bits per heavy atom. The highest BCUT2D eigenvalue weighted by molar-refractivity contribution is 7.85. The molecule has 1 aliphatic heterocycles. The summed E-state index contributed by atoms with van der Waals surface area (Å²) in [7, 11) is -3.67. The Balaban J connectivity index is 0.000000195. The molecule has 0 amide bonds. The highest BCUT2D eigenvalue weighted by Crippen LogP contribution is 2.15. The maximum absolute atomic E-state index is 10.7. The summed E-state index contributed by atoms with van der Waals surface area (Å²) < 4.78 is 30.6. The molecule has 0 fully saturated rings. The molecule has 2 aliphatic rings. The maximum Gasteiger partial charge on any atom is 0.261 e. The van der Waals surface area contributed by atoms with Gasteiger partial charge >= 0.3 is 0 Å². The van der Waals surface area contributed by atoms with E-state index < -0.39 is 10.1 Å². The van der Waals surface area contributed by atoms with Crippen LogP contribution < -0.4 is 5.43 Å². The molecule has 2 rings (SSSR count). The number of hydrogen-bond acceptors (Lipinski definition) is 4. The number of hydrogen-bond donors (Lipinski definition) is 2. The predicted molar refractivity (Wildman–Crippen MR) is 53.4 cm³/mol. The molecule has 7 heteroatoms. The van der Waals surface area contributed by atoms with Gasteiger partial charge in [0.05, 0.1) is 11.9 Å². The molecule has 0 aromatic carbocycles. The Morgan fingerprint density at radius 1 is 1.40 bits per heavy atom. The van der Waals surface area contributed by atoms with Gasteiger partial charge in [0.2, 0.25) is 0 Å². The third-order valence-electron chi connectivity index (χ3n) is 1.38. The second kappa shape index (κ2) is 4.28. The van der Waals surface area contributed by atoms with E-state index in [1.165, 1.54) is 12.1 Å². The number of nitrogens with one attached hydrogen (secondary N) is 1. The average Bonchev–Trinajstić information content (AvgIpc) is 2.47. The van der Waals surface area contributed by atoms with Crippen molar-refractivity contribution in [1.29, 1.82) is 0 Å². The van der Waals surface area contributed by atoms with Gasteiger partial charge in [-0.15, -0.1) is 0 Å². The molecule has 0 bridgehead atoms. The molecule has 1 heterocycles. The highest BCUT2D eigenvalue weighted by atomic mass is 32.2. The van der Waals surface area contributed by atoms with Crippen LogP contribution in [0.5, 0.6) is 0 Å². The van der Waals surface area contributed by atoms with E-state index in [0.29, 0.717) is 6.26 Å². The predicted octanol–water partition coefficient (Wildman–Crippen LogP) is 0.577. The molecule has 15 heavy (non-hydrogen) atoms. The zero-order valence-electron chi connectivity index (χ0n) is 7.80. The second-order valence-corrected chi connectivity index (χ2v) is 4.29. The summed E-state index contributed by atoms with van der Waals surface area (Å²) in [6, 6.07) is 4.72. The van der Waals surface area contributed by atoms with Crippen LogP contribution in [0.25, 0.3) is 11.3 Å². The number of rotatable bonds is 0. The van der Waals surface area contributed by atoms with Crippen LogP contribution in [0.3, 0.4) is 0 Å². The van der Waals surface area contributed by atoms with Gasteiger partial charge in [-0.1, -0.05) is 0 Å². The number of aromatic amines is 1. The molecule has 0 aromatic heterocycles. The Kier molecular flexibility index (Phi) is 3.28. The van der Waals surface area contributed by atoms with Crippen molar-refractivity contribution in [2.24, 2.45) is 0 Å². The lowest BCUT2D eigenvalue weighted by Gasteiger charge is -1.87. The van der Waals surface area contributed by atoms with Crippen molar-refractivity contribution in [2.45, 2.75) is 0 Å². The molecule has 2 N–H and O–H groups in total. The van der Waals surface area contributed by atoms with Crippen LogP contribution in [0.2, 0.25) is 0 Å². The molecule has 0 radical (unpaired) electrons. The smallest absolute Gasteiger partial charge is 0.261 e. The average molecular weight is 231 g/mol. The summed E-state index contributed by atoms with van der Waals surface area (Å²) in [5.74, 6) is 0. The van der Waals surface area contributed by atoms with Gasteiger partial charge in [0.25, 0.3) is 10.1 Å². The number of fused-ring (bicyclic) bond motifs is 1. The molecule has 0 atom stereocenters. The lowest BCUT2D eigenvalue weighted by Crippen LogP contribution is -1.95. The molecule has 0 unspecified atom stereocenters. The van der Waals surface area contributed by atoms with Crippen LogP contribution in [0.4, 0.5) is 0 Å². The first-order valence-electron chi connectivity index (χ1n) is 3.84. The largest absolute Gasteiger partial charge is 0.389 e. The van der Waals surface area contributed by atoms with E-state index in [1.54, 1.807) is 12.3 Å². The first-order valence-corrected chi connectivity index (χ1v) is 5.69. The Morgan fingerprint density at radius 3 is 2.60 bits per heavy atom. The fourth-order valence-electron chi connectivity index (χ4n) is 0.883. The summed E-state index contributed by atoms with van der Waals surface area (Å²) in [5.41, 5.74) is 1.65. The lowest BCUT2D eigenvalue weighted by atomic mass is 10.2. The van der Waals surface area contributed by atoms with E-state index in [-0.39, 0.29) is 5.43 Å². The molecule has 6 nitrogen and oxygen atoms in total. The first kappa shape index (κ1) is 11.5. The Bertz CT molecular complexity index is 545. The standard InChI is InChI=1S/C7H5NO2.CH4O3S/c9-6-2-1-5-4-10-8-7(5)3-6;1-5(2,3)4/h1-4,8H;1H3,(H,2,3,4). The molecule has 1 aliphatic carbocycles.